The minimum atomic E-state index is -1.18. The lowest BCUT2D eigenvalue weighted by Gasteiger charge is -2.22. The van der Waals surface area contributed by atoms with Crippen LogP contribution in [-0.2, 0) is 15.1 Å². The Balaban J connectivity index is 1.45. The number of urea groups is 1. The minimum absolute atomic E-state index is 0.261. The van der Waals surface area contributed by atoms with Crippen LogP contribution in [-0.4, -0.2) is 29.3 Å². The molecule has 0 spiro atoms. The molecule has 1 aliphatic heterocycles. The van der Waals surface area contributed by atoms with E-state index in [9.17, 15) is 14.4 Å². The molecule has 6 nitrogen and oxygen atoms in total. The van der Waals surface area contributed by atoms with Crippen LogP contribution in [0.3, 0.4) is 0 Å². The molecule has 1 aliphatic rings. The van der Waals surface area contributed by atoms with Gasteiger partial charge < -0.3 is 10.6 Å². The Bertz CT molecular complexity index is 1130. The summed E-state index contributed by atoms with van der Waals surface area (Å²) >= 11 is 0. The monoisotopic (exact) mass is 401 g/mol. The van der Waals surface area contributed by atoms with E-state index in [-0.39, 0.29) is 12.6 Å². The molecule has 152 valence electrons. The Morgan fingerprint density at radius 1 is 1.00 bits per heavy atom. The van der Waals surface area contributed by atoms with Crippen LogP contribution in [0, 0.1) is 0 Å². The van der Waals surface area contributed by atoms with Crippen molar-refractivity contribution in [3.05, 3.63) is 83.9 Å². The van der Waals surface area contributed by atoms with Crippen molar-refractivity contribution in [1.82, 2.24) is 15.5 Å². The van der Waals surface area contributed by atoms with Gasteiger partial charge in [-0.1, -0.05) is 66.7 Å². The highest BCUT2D eigenvalue weighted by atomic mass is 16.2. The van der Waals surface area contributed by atoms with Crippen molar-refractivity contribution < 1.29 is 14.4 Å². The number of nitrogens with one attached hydrogen (secondary N) is 2. The fraction of sp³-hybridized carbons (Fsp3) is 0.208. The largest absolute Gasteiger partial charge is 0.348 e. The van der Waals surface area contributed by atoms with Crippen LogP contribution in [0.25, 0.3) is 10.8 Å². The first-order valence-corrected chi connectivity index (χ1v) is 9.86. The molecule has 2 N–H and O–H groups in total. The summed E-state index contributed by atoms with van der Waals surface area (Å²) in [5.41, 5.74) is 0.451. The van der Waals surface area contributed by atoms with Crippen LogP contribution in [0.5, 0.6) is 0 Å². The van der Waals surface area contributed by atoms with Crippen molar-refractivity contribution in [1.29, 1.82) is 0 Å². The van der Waals surface area contributed by atoms with Gasteiger partial charge in [-0.2, -0.15) is 0 Å². The second-order valence-corrected chi connectivity index (χ2v) is 7.71. The number of hydrogen-bond donors (Lipinski definition) is 2. The number of carbonyl (C=O) groups is 3. The van der Waals surface area contributed by atoms with Gasteiger partial charge in [-0.25, -0.2) is 4.79 Å². The average molecular weight is 401 g/mol. The standard InChI is InChI=1S/C24H23N3O3/c1-16(18-13-12-17-8-6-7-9-19(17)14-18)25-21(28)15-27-22(29)24(2,26-23(27)30)20-10-4-3-5-11-20/h3-14,16H,15H2,1-2H3,(H,25,28)(H,26,30)/t16-,24-/m1/s1. The van der Waals surface area contributed by atoms with E-state index in [1.807, 2.05) is 55.5 Å². The molecule has 1 saturated heterocycles. The second-order valence-electron chi connectivity index (χ2n) is 7.71. The van der Waals surface area contributed by atoms with Gasteiger partial charge in [0.1, 0.15) is 12.1 Å². The fourth-order valence-electron chi connectivity index (χ4n) is 3.80. The lowest BCUT2D eigenvalue weighted by atomic mass is 9.92. The van der Waals surface area contributed by atoms with Crippen LogP contribution in [0.1, 0.15) is 31.0 Å². The number of imide groups is 1. The molecule has 0 aromatic heterocycles. The third-order valence-electron chi connectivity index (χ3n) is 5.58. The van der Waals surface area contributed by atoms with E-state index in [4.69, 9.17) is 0 Å². The van der Waals surface area contributed by atoms with Gasteiger partial charge in [-0.15, -0.1) is 0 Å². The van der Waals surface area contributed by atoms with Crippen molar-refractivity contribution in [3.63, 3.8) is 0 Å². The predicted molar refractivity (Wildman–Crippen MR) is 115 cm³/mol. The molecule has 1 heterocycles. The van der Waals surface area contributed by atoms with E-state index < -0.39 is 23.4 Å². The van der Waals surface area contributed by atoms with Gasteiger partial charge in [0.05, 0.1) is 6.04 Å². The minimum Gasteiger partial charge on any atom is -0.348 e. The number of carbonyl (C=O) groups excluding carboxylic acids is 3. The predicted octanol–water partition coefficient (Wildman–Crippen LogP) is 3.48. The summed E-state index contributed by atoms with van der Waals surface area (Å²) in [5.74, 6) is -0.830. The smallest absolute Gasteiger partial charge is 0.325 e. The van der Waals surface area contributed by atoms with Crippen molar-refractivity contribution >= 4 is 28.6 Å². The molecule has 4 amide bonds. The maximum atomic E-state index is 12.9. The molecular formula is C24H23N3O3. The van der Waals surface area contributed by atoms with Gasteiger partial charge in [0.15, 0.2) is 0 Å². The number of fused-ring (bicyclic) bond motifs is 1. The van der Waals surface area contributed by atoms with Gasteiger partial charge >= 0.3 is 6.03 Å². The normalized spacial score (nSPS) is 19.6. The van der Waals surface area contributed by atoms with Crippen LogP contribution in [0.4, 0.5) is 4.79 Å². The molecule has 0 aliphatic carbocycles. The van der Waals surface area contributed by atoms with Crippen molar-refractivity contribution in [2.24, 2.45) is 0 Å². The Kier molecular flexibility index (Phi) is 4.99. The molecule has 3 aromatic rings. The third kappa shape index (κ3) is 3.52. The molecule has 0 saturated carbocycles. The van der Waals surface area contributed by atoms with Gasteiger partial charge in [0, 0.05) is 0 Å². The summed E-state index contributed by atoms with van der Waals surface area (Å²) in [5, 5.41) is 7.81. The van der Waals surface area contributed by atoms with Gasteiger partial charge in [0.25, 0.3) is 5.91 Å². The average Bonchev–Trinajstić information content (AvgIpc) is 2.98. The number of nitrogens with zero attached hydrogens (tertiary/aromatic N) is 1. The zero-order chi connectivity index (χ0) is 21.3. The fourth-order valence-corrected chi connectivity index (χ4v) is 3.80. The molecule has 2 atom stereocenters. The van der Waals surface area contributed by atoms with E-state index in [1.165, 1.54) is 0 Å². The second kappa shape index (κ2) is 7.63. The van der Waals surface area contributed by atoms with Gasteiger partial charge in [-0.3, -0.25) is 14.5 Å². The molecule has 4 rings (SSSR count). The quantitative estimate of drug-likeness (QED) is 0.643. The van der Waals surface area contributed by atoms with Crippen LogP contribution >= 0.6 is 0 Å². The lowest BCUT2D eigenvalue weighted by Crippen LogP contribution is -2.43. The summed E-state index contributed by atoms with van der Waals surface area (Å²) in [6.45, 7) is 3.20. The number of amides is 4. The number of hydrogen-bond acceptors (Lipinski definition) is 3. The topological polar surface area (TPSA) is 78.5 Å². The Morgan fingerprint density at radius 2 is 1.67 bits per heavy atom. The zero-order valence-corrected chi connectivity index (χ0v) is 16.9. The van der Waals surface area contributed by atoms with Crippen LogP contribution < -0.4 is 10.6 Å². The van der Waals surface area contributed by atoms with Gasteiger partial charge in [0.2, 0.25) is 5.91 Å². The summed E-state index contributed by atoms with van der Waals surface area (Å²) in [4.78, 5) is 38.9. The Labute approximate surface area is 174 Å². The zero-order valence-electron chi connectivity index (χ0n) is 16.9. The first-order chi connectivity index (χ1) is 14.4. The molecule has 0 radical (unpaired) electrons. The van der Waals surface area contributed by atoms with Crippen molar-refractivity contribution in [2.75, 3.05) is 6.54 Å². The molecule has 3 aromatic carbocycles. The van der Waals surface area contributed by atoms with Crippen molar-refractivity contribution in [3.8, 4) is 0 Å². The van der Waals surface area contributed by atoms with Gasteiger partial charge in [-0.05, 0) is 41.8 Å². The van der Waals surface area contributed by atoms with E-state index >= 15 is 0 Å². The summed E-state index contributed by atoms with van der Waals surface area (Å²) in [7, 11) is 0. The third-order valence-corrected chi connectivity index (χ3v) is 5.58. The first-order valence-electron chi connectivity index (χ1n) is 9.86. The highest BCUT2D eigenvalue weighted by Crippen LogP contribution is 2.28. The van der Waals surface area contributed by atoms with Crippen LogP contribution in [0.15, 0.2) is 72.8 Å². The maximum Gasteiger partial charge on any atom is 0.325 e. The first kappa shape index (κ1) is 19.6. The summed E-state index contributed by atoms with van der Waals surface area (Å²) in [6, 6.07) is 22.2. The summed E-state index contributed by atoms with van der Waals surface area (Å²) < 4.78 is 0. The molecule has 6 heteroatoms. The van der Waals surface area contributed by atoms with E-state index in [1.54, 1.807) is 31.2 Å². The van der Waals surface area contributed by atoms with Crippen LogP contribution in [0.2, 0.25) is 0 Å². The Hall–Kier alpha value is -3.67. The lowest BCUT2D eigenvalue weighted by molar-refractivity contribution is -0.135. The summed E-state index contributed by atoms with van der Waals surface area (Å²) in [6.07, 6.45) is 0. The highest BCUT2D eigenvalue weighted by molar-refractivity contribution is 6.09. The van der Waals surface area contributed by atoms with E-state index in [2.05, 4.69) is 10.6 Å². The van der Waals surface area contributed by atoms with Crippen molar-refractivity contribution in [2.45, 2.75) is 25.4 Å². The number of benzene rings is 3. The molecule has 0 bridgehead atoms. The highest BCUT2D eigenvalue weighted by Gasteiger charge is 2.49. The maximum absolute atomic E-state index is 12.9. The van der Waals surface area contributed by atoms with E-state index in [0.717, 1.165) is 21.2 Å². The van der Waals surface area contributed by atoms with E-state index in [0.29, 0.717) is 5.56 Å². The molecule has 1 fully saturated rings. The molecule has 30 heavy (non-hydrogen) atoms. The molecule has 0 unspecified atom stereocenters. The molecular weight excluding hydrogens is 378 g/mol. The Morgan fingerprint density at radius 3 is 2.40 bits per heavy atom. The number of rotatable bonds is 5. The SMILES string of the molecule is C[C@@H](NC(=O)CN1C(=O)N[C@](C)(c2ccccc2)C1=O)c1ccc2ccccc2c1.